The first-order valence-corrected chi connectivity index (χ1v) is 6.49. The predicted octanol–water partition coefficient (Wildman–Crippen LogP) is 2.33. The molecule has 1 unspecified atom stereocenters. The normalized spacial score (nSPS) is 12.6. The smallest absolute Gasteiger partial charge is 0.326 e. The zero-order valence-electron chi connectivity index (χ0n) is 11.6. The summed E-state index contributed by atoms with van der Waals surface area (Å²) in [5.74, 6) is -1.21. The van der Waals surface area contributed by atoms with Crippen molar-refractivity contribution in [3.8, 4) is 5.75 Å². The molecule has 2 N–H and O–H groups in total. The first-order valence-electron chi connectivity index (χ1n) is 6.11. The SMILES string of the molecule is CC(C)(C)C(NC(=O)COc1ccccc1Cl)C(=O)O. The van der Waals surface area contributed by atoms with Gasteiger partial charge in [0.05, 0.1) is 5.02 Å². The highest BCUT2D eigenvalue weighted by atomic mass is 35.5. The summed E-state index contributed by atoms with van der Waals surface area (Å²) in [5.41, 5.74) is -0.591. The zero-order chi connectivity index (χ0) is 15.3. The molecule has 0 saturated heterocycles. The molecule has 0 aliphatic heterocycles. The van der Waals surface area contributed by atoms with E-state index in [0.29, 0.717) is 10.8 Å². The average Bonchev–Trinajstić information content (AvgIpc) is 2.33. The Morgan fingerprint density at radius 1 is 1.35 bits per heavy atom. The van der Waals surface area contributed by atoms with Gasteiger partial charge in [-0.05, 0) is 17.5 Å². The number of amides is 1. The molecule has 110 valence electrons. The van der Waals surface area contributed by atoms with Crippen LogP contribution in [0.2, 0.25) is 5.02 Å². The van der Waals surface area contributed by atoms with Crippen LogP contribution in [0.5, 0.6) is 5.75 Å². The number of benzene rings is 1. The number of carboxylic acid groups (broad SMARTS) is 1. The first kappa shape index (κ1) is 16.3. The van der Waals surface area contributed by atoms with Crippen molar-refractivity contribution in [1.82, 2.24) is 5.32 Å². The fourth-order valence-electron chi connectivity index (χ4n) is 1.56. The van der Waals surface area contributed by atoms with Crippen LogP contribution in [0.15, 0.2) is 24.3 Å². The lowest BCUT2D eigenvalue weighted by atomic mass is 9.87. The maximum Gasteiger partial charge on any atom is 0.326 e. The number of para-hydroxylation sites is 1. The van der Waals surface area contributed by atoms with Gasteiger partial charge in [0, 0.05) is 0 Å². The van der Waals surface area contributed by atoms with Crippen LogP contribution in [0.25, 0.3) is 0 Å². The van der Waals surface area contributed by atoms with E-state index in [-0.39, 0.29) is 6.61 Å². The number of hydrogen-bond donors (Lipinski definition) is 2. The average molecular weight is 300 g/mol. The molecule has 20 heavy (non-hydrogen) atoms. The summed E-state index contributed by atoms with van der Waals surface area (Å²) < 4.78 is 5.25. The molecule has 0 saturated carbocycles. The summed E-state index contributed by atoms with van der Waals surface area (Å²) in [6.07, 6.45) is 0. The minimum absolute atomic E-state index is 0.288. The third-order valence-corrected chi connectivity index (χ3v) is 2.93. The van der Waals surface area contributed by atoms with E-state index in [4.69, 9.17) is 21.4 Å². The van der Waals surface area contributed by atoms with Gasteiger partial charge in [0.2, 0.25) is 0 Å². The highest BCUT2D eigenvalue weighted by Crippen LogP contribution is 2.23. The van der Waals surface area contributed by atoms with E-state index in [1.165, 1.54) is 0 Å². The lowest BCUT2D eigenvalue weighted by Crippen LogP contribution is -2.50. The molecule has 1 aromatic carbocycles. The molecule has 0 aliphatic rings. The van der Waals surface area contributed by atoms with Crippen LogP contribution < -0.4 is 10.1 Å². The molecule has 1 atom stereocenters. The molecule has 0 bridgehead atoms. The van der Waals surface area contributed by atoms with Crippen LogP contribution in [-0.2, 0) is 9.59 Å². The topological polar surface area (TPSA) is 75.6 Å². The number of halogens is 1. The molecule has 1 amide bonds. The minimum atomic E-state index is -1.08. The van der Waals surface area contributed by atoms with Crippen molar-refractivity contribution in [1.29, 1.82) is 0 Å². The Morgan fingerprint density at radius 2 is 1.95 bits per heavy atom. The number of ether oxygens (including phenoxy) is 1. The molecule has 1 rings (SSSR count). The summed E-state index contributed by atoms with van der Waals surface area (Å²) in [6.45, 7) is 4.92. The Hall–Kier alpha value is -1.75. The maximum atomic E-state index is 11.7. The molecule has 1 aromatic rings. The standard InChI is InChI=1S/C14H18ClNO4/c1-14(2,3)12(13(18)19)16-11(17)8-20-10-7-5-4-6-9(10)15/h4-7,12H,8H2,1-3H3,(H,16,17)(H,18,19). The van der Waals surface area contributed by atoms with Gasteiger partial charge in [-0.25, -0.2) is 4.79 Å². The van der Waals surface area contributed by atoms with Crippen molar-refractivity contribution in [2.24, 2.45) is 5.41 Å². The van der Waals surface area contributed by atoms with E-state index in [0.717, 1.165) is 0 Å². The van der Waals surface area contributed by atoms with Gasteiger partial charge in [-0.1, -0.05) is 44.5 Å². The van der Waals surface area contributed by atoms with Crippen molar-refractivity contribution >= 4 is 23.5 Å². The van der Waals surface area contributed by atoms with E-state index in [1.807, 2.05) is 0 Å². The van der Waals surface area contributed by atoms with E-state index >= 15 is 0 Å². The van der Waals surface area contributed by atoms with Crippen molar-refractivity contribution in [3.05, 3.63) is 29.3 Å². The number of carbonyl (C=O) groups is 2. The second kappa shape index (κ2) is 6.61. The number of carbonyl (C=O) groups excluding carboxylic acids is 1. The Balaban J connectivity index is 2.60. The minimum Gasteiger partial charge on any atom is -0.482 e. The predicted molar refractivity (Wildman–Crippen MR) is 76.0 cm³/mol. The lowest BCUT2D eigenvalue weighted by Gasteiger charge is -2.27. The van der Waals surface area contributed by atoms with Crippen molar-refractivity contribution in [2.45, 2.75) is 26.8 Å². The van der Waals surface area contributed by atoms with Gasteiger partial charge in [0.1, 0.15) is 11.8 Å². The third-order valence-electron chi connectivity index (χ3n) is 2.61. The lowest BCUT2D eigenvalue weighted by molar-refractivity contribution is -0.145. The van der Waals surface area contributed by atoms with E-state index < -0.39 is 23.3 Å². The van der Waals surface area contributed by atoms with Crippen molar-refractivity contribution in [3.63, 3.8) is 0 Å². The summed E-state index contributed by atoms with van der Waals surface area (Å²) in [7, 11) is 0. The van der Waals surface area contributed by atoms with Gasteiger partial charge < -0.3 is 15.2 Å². The monoisotopic (exact) mass is 299 g/mol. The van der Waals surface area contributed by atoms with Gasteiger partial charge in [0.15, 0.2) is 6.61 Å². The van der Waals surface area contributed by atoms with Crippen LogP contribution in [0, 0.1) is 5.41 Å². The number of nitrogens with one attached hydrogen (secondary N) is 1. The molecule has 0 aromatic heterocycles. The quantitative estimate of drug-likeness (QED) is 0.875. The van der Waals surface area contributed by atoms with Gasteiger partial charge in [-0.15, -0.1) is 0 Å². The van der Waals surface area contributed by atoms with E-state index in [2.05, 4.69) is 5.32 Å². The van der Waals surface area contributed by atoms with Gasteiger partial charge >= 0.3 is 5.97 Å². The van der Waals surface area contributed by atoms with Crippen LogP contribution in [0.1, 0.15) is 20.8 Å². The largest absolute Gasteiger partial charge is 0.482 e. The number of aliphatic carboxylic acids is 1. The van der Waals surface area contributed by atoms with Crippen molar-refractivity contribution in [2.75, 3.05) is 6.61 Å². The fourth-order valence-corrected chi connectivity index (χ4v) is 1.75. The highest BCUT2D eigenvalue weighted by molar-refractivity contribution is 6.32. The molecule has 0 heterocycles. The molecule has 0 radical (unpaired) electrons. The second-order valence-electron chi connectivity index (χ2n) is 5.42. The van der Waals surface area contributed by atoms with Gasteiger partial charge in [0.25, 0.3) is 5.91 Å². The molecule has 0 fully saturated rings. The van der Waals surface area contributed by atoms with E-state index in [9.17, 15) is 9.59 Å². The van der Waals surface area contributed by atoms with E-state index in [1.54, 1.807) is 45.0 Å². The summed E-state index contributed by atoms with van der Waals surface area (Å²) in [5, 5.41) is 11.9. The second-order valence-corrected chi connectivity index (χ2v) is 5.83. The molecule has 0 spiro atoms. The Bertz CT molecular complexity index is 496. The Labute approximate surface area is 122 Å². The maximum absolute atomic E-state index is 11.7. The Morgan fingerprint density at radius 3 is 2.45 bits per heavy atom. The third kappa shape index (κ3) is 4.74. The number of carboxylic acids is 1. The highest BCUT2D eigenvalue weighted by Gasteiger charge is 2.32. The zero-order valence-corrected chi connectivity index (χ0v) is 12.4. The van der Waals surface area contributed by atoms with Gasteiger partial charge in [-0.3, -0.25) is 4.79 Å². The number of hydrogen-bond acceptors (Lipinski definition) is 3. The fraction of sp³-hybridized carbons (Fsp3) is 0.429. The summed E-state index contributed by atoms with van der Waals surface area (Å²) in [6, 6.07) is 5.77. The summed E-state index contributed by atoms with van der Waals surface area (Å²) >= 11 is 5.89. The molecule has 5 nitrogen and oxygen atoms in total. The summed E-state index contributed by atoms with van der Waals surface area (Å²) in [4.78, 5) is 22.9. The molecule has 6 heteroatoms. The van der Waals surface area contributed by atoms with Crippen LogP contribution in [0.4, 0.5) is 0 Å². The van der Waals surface area contributed by atoms with Crippen LogP contribution >= 0.6 is 11.6 Å². The molecule has 0 aliphatic carbocycles. The molecular formula is C14H18ClNO4. The number of rotatable bonds is 5. The van der Waals surface area contributed by atoms with Gasteiger partial charge in [-0.2, -0.15) is 0 Å². The molecular weight excluding hydrogens is 282 g/mol. The van der Waals surface area contributed by atoms with Crippen molar-refractivity contribution < 1.29 is 19.4 Å². The van der Waals surface area contributed by atoms with Crippen LogP contribution in [-0.4, -0.2) is 29.6 Å². The van der Waals surface area contributed by atoms with Crippen LogP contribution in [0.3, 0.4) is 0 Å². The first-order chi connectivity index (χ1) is 9.21. The Kier molecular flexibility index (Phi) is 5.39.